The topological polar surface area (TPSA) is 66.6 Å². The Hall–Kier alpha value is -1.94. The molecule has 0 fully saturated rings. The van der Waals surface area contributed by atoms with Crippen LogP contribution in [0, 0.1) is 0 Å². The van der Waals surface area contributed by atoms with Crippen molar-refractivity contribution in [1.29, 1.82) is 0 Å². The van der Waals surface area contributed by atoms with Crippen LogP contribution in [0.2, 0.25) is 0 Å². The van der Waals surface area contributed by atoms with Gasteiger partial charge in [-0.25, -0.2) is 0 Å². The van der Waals surface area contributed by atoms with E-state index in [0.717, 1.165) is 5.39 Å². The van der Waals surface area contributed by atoms with Gasteiger partial charge >= 0.3 is 0 Å². The Bertz CT molecular complexity index is 597. The Balaban J connectivity index is 0.00000162. The molecule has 3 N–H and O–H groups in total. The molecule has 0 saturated heterocycles. The molecule has 1 amide bonds. The van der Waals surface area contributed by atoms with Gasteiger partial charge in [0.05, 0.1) is 5.56 Å². The number of benzene rings is 2. The van der Waals surface area contributed by atoms with E-state index in [1.807, 2.05) is 12.1 Å². The third kappa shape index (κ3) is 2.19. The molecule has 0 aromatic heterocycles. The molecule has 0 radical (unpaired) electrons. The molecule has 2 rings (SSSR count). The van der Waals surface area contributed by atoms with Crippen LogP contribution in [0.1, 0.15) is 10.4 Å². The van der Waals surface area contributed by atoms with Gasteiger partial charge in [-0.05, 0) is 6.07 Å². The minimum absolute atomic E-state index is 0. The molecule has 96 valence electrons. The van der Waals surface area contributed by atoms with Gasteiger partial charge in [-0.3, -0.25) is 4.79 Å². The molecule has 4 nitrogen and oxygen atoms in total. The van der Waals surface area contributed by atoms with Gasteiger partial charge in [0.2, 0.25) is 0 Å². The second kappa shape index (κ2) is 5.14. The molecule has 0 saturated carbocycles. The molecule has 0 heterocycles. The van der Waals surface area contributed by atoms with Gasteiger partial charge in [-0.15, -0.1) is 12.4 Å². The van der Waals surface area contributed by atoms with Crippen molar-refractivity contribution in [3.63, 3.8) is 0 Å². The highest BCUT2D eigenvalue weighted by Gasteiger charge is 2.17. The maximum atomic E-state index is 11.9. The van der Waals surface area contributed by atoms with E-state index in [2.05, 4.69) is 0 Å². The zero-order valence-electron chi connectivity index (χ0n) is 10.2. The van der Waals surface area contributed by atoms with Crippen LogP contribution in [0.4, 0.5) is 5.69 Å². The maximum absolute atomic E-state index is 11.9. The number of hydrogen-bond acceptors (Lipinski definition) is 3. The molecule has 0 unspecified atom stereocenters. The molecule has 2 aromatic carbocycles. The molecular formula is C13H15ClN2O2. The molecule has 18 heavy (non-hydrogen) atoms. The first-order chi connectivity index (χ1) is 8.02. The molecule has 0 bridgehead atoms. The molecule has 0 spiro atoms. The zero-order valence-corrected chi connectivity index (χ0v) is 11.0. The summed E-state index contributed by atoms with van der Waals surface area (Å²) in [5.74, 6) is -0.284. The van der Waals surface area contributed by atoms with Crippen LogP contribution in [-0.2, 0) is 0 Å². The second-order valence-electron chi connectivity index (χ2n) is 4.11. The molecule has 0 aliphatic heterocycles. The SMILES string of the molecule is CN(C)C(=O)c1cc(N)c2ccccc2c1O.Cl. The third-order valence-electron chi connectivity index (χ3n) is 2.68. The fourth-order valence-electron chi connectivity index (χ4n) is 1.79. The number of anilines is 1. The first kappa shape index (κ1) is 14.1. The summed E-state index contributed by atoms with van der Waals surface area (Å²) in [4.78, 5) is 13.3. The number of nitrogens with two attached hydrogens (primary N) is 1. The first-order valence-electron chi connectivity index (χ1n) is 5.24. The van der Waals surface area contributed by atoms with Crippen LogP contribution in [-0.4, -0.2) is 30.0 Å². The van der Waals surface area contributed by atoms with Gasteiger partial charge in [0.25, 0.3) is 5.91 Å². The van der Waals surface area contributed by atoms with E-state index in [9.17, 15) is 9.90 Å². The van der Waals surface area contributed by atoms with E-state index in [0.29, 0.717) is 11.1 Å². The zero-order chi connectivity index (χ0) is 12.6. The predicted octanol–water partition coefficient (Wildman–Crippen LogP) is 2.25. The summed E-state index contributed by atoms with van der Waals surface area (Å²) in [5.41, 5.74) is 6.60. The number of phenolic OH excluding ortho intramolecular Hbond substituents is 1. The van der Waals surface area contributed by atoms with E-state index in [1.54, 1.807) is 26.2 Å². The van der Waals surface area contributed by atoms with Gasteiger partial charge < -0.3 is 15.7 Å². The number of nitrogens with zero attached hydrogens (tertiary/aromatic N) is 1. The highest BCUT2D eigenvalue weighted by atomic mass is 35.5. The lowest BCUT2D eigenvalue weighted by molar-refractivity contribution is 0.0825. The average Bonchev–Trinajstić information content (AvgIpc) is 2.33. The predicted molar refractivity (Wildman–Crippen MR) is 75.3 cm³/mol. The highest BCUT2D eigenvalue weighted by Crippen LogP contribution is 2.33. The Kier molecular flexibility index (Phi) is 4.03. The van der Waals surface area contributed by atoms with Crippen molar-refractivity contribution in [2.24, 2.45) is 0 Å². The number of fused-ring (bicyclic) bond motifs is 1. The summed E-state index contributed by atoms with van der Waals surface area (Å²) >= 11 is 0. The average molecular weight is 267 g/mol. The number of amides is 1. The van der Waals surface area contributed by atoms with Gasteiger partial charge in [-0.2, -0.15) is 0 Å². The molecular weight excluding hydrogens is 252 g/mol. The van der Waals surface area contributed by atoms with Crippen LogP contribution in [0.25, 0.3) is 10.8 Å². The molecule has 0 aliphatic carbocycles. The van der Waals surface area contributed by atoms with Crippen LogP contribution >= 0.6 is 12.4 Å². The summed E-state index contributed by atoms with van der Waals surface area (Å²) in [6, 6.07) is 8.71. The van der Waals surface area contributed by atoms with Crippen molar-refractivity contribution in [1.82, 2.24) is 4.90 Å². The summed E-state index contributed by atoms with van der Waals surface area (Å²) in [6.45, 7) is 0. The fourth-order valence-corrected chi connectivity index (χ4v) is 1.79. The molecule has 2 aromatic rings. The standard InChI is InChI=1S/C13H14N2O2.ClH/c1-15(2)13(17)10-7-11(14)8-5-3-4-6-9(8)12(10)16;/h3-7,16H,14H2,1-2H3;1H. The van der Waals surface area contributed by atoms with E-state index in [-0.39, 0.29) is 29.6 Å². The van der Waals surface area contributed by atoms with E-state index in [1.165, 1.54) is 11.0 Å². The van der Waals surface area contributed by atoms with E-state index < -0.39 is 0 Å². The Morgan fingerprint density at radius 1 is 1.22 bits per heavy atom. The Morgan fingerprint density at radius 3 is 2.33 bits per heavy atom. The van der Waals surface area contributed by atoms with E-state index >= 15 is 0 Å². The lowest BCUT2D eigenvalue weighted by Gasteiger charge is -2.14. The van der Waals surface area contributed by atoms with Gasteiger partial charge in [-0.1, -0.05) is 24.3 Å². The van der Waals surface area contributed by atoms with Gasteiger partial charge in [0, 0.05) is 30.6 Å². The minimum atomic E-state index is -0.264. The first-order valence-corrected chi connectivity index (χ1v) is 5.24. The number of halogens is 1. The van der Waals surface area contributed by atoms with Crippen molar-refractivity contribution >= 4 is 34.8 Å². The van der Waals surface area contributed by atoms with E-state index in [4.69, 9.17) is 5.73 Å². The number of aromatic hydroxyl groups is 1. The van der Waals surface area contributed by atoms with Crippen molar-refractivity contribution < 1.29 is 9.90 Å². The Labute approximate surface area is 111 Å². The fraction of sp³-hybridized carbons (Fsp3) is 0.154. The monoisotopic (exact) mass is 266 g/mol. The highest BCUT2D eigenvalue weighted by molar-refractivity contribution is 6.07. The third-order valence-corrected chi connectivity index (χ3v) is 2.68. The van der Waals surface area contributed by atoms with Crippen molar-refractivity contribution in [2.75, 3.05) is 19.8 Å². The van der Waals surface area contributed by atoms with Crippen LogP contribution in [0.5, 0.6) is 5.75 Å². The minimum Gasteiger partial charge on any atom is -0.506 e. The summed E-state index contributed by atoms with van der Waals surface area (Å²) in [6.07, 6.45) is 0. The maximum Gasteiger partial charge on any atom is 0.257 e. The van der Waals surface area contributed by atoms with Crippen molar-refractivity contribution in [3.05, 3.63) is 35.9 Å². The molecule has 0 atom stereocenters. The summed E-state index contributed by atoms with van der Waals surface area (Å²) in [7, 11) is 3.26. The van der Waals surface area contributed by atoms with Crippen LogP contribution < -0.4 is 5.73 Å². The smallest absolute Gasteiger partial charge is 0.257 e. The van der Waals surface area contributed by atoms with Crippen LogP contribution in [0.3, 0.4) is 0 Å². The van der Waals surface area contributed by atoms with Gasteiger partial charge in [0.15, 0.2) is 0 Å². The molecule has 0 aliphatic rings. The lowest BCUT2D eigenvalue weighted by Crippen LogP contribution is -2.22. The number of carbonyl (C=O) groups excluding carboxylic acids is 1. The normalized spacial score (nSPS) is 9.89. The molecule has 5 heteroatoms. The Morgan fingerprint density at radius 2 is 1.78 bits per heavy atom. The number of nitrogen functional groups attached to an aromatic ring is 1. The van der Waals surface area contributed by atoms with Crippen molar-refractivity contribution in [2.45, 2.75) is 0 Å². The quantitative estimate of drug-likeness (QED) is 0.615. The summed E-state index contributed by atoms with van der Waals surface area (Å²) < 4.78 is 0. The van der Waals surface area contributed by atoms with Crippen molar-refractivity contribution in [3.8, 4) is 5.75 Å². The number of phenols is 1. The lowest BCUT2D eigenvalue weighted by atomic mass is 10.0. The number of rotatable bonds is 1. The van der Waals surface area contributed by atoms with Crippen LogP contribution in [0.15, 0.2) is 30.3 Å². The second-order valence-corrected chi connectivity index (χ2v) is 4.11. The summed E-state index contributed by atoms with van der Waals surface area (Å²) in [5, 5.41) is 11.4. The number of hydrogen-bond donors (Lipinski definition) is 2. The number of carbonyl (C=O) groups is 1. The van der Waals surface area contributed by atoms with Gasteiger partial charge in [0.1, 0.15) is 5.75 Å². The largest absolute Gasteiger partial charge is 0.506 e.